The fourth-order valence-corrected chi connectivity index (χ4v) is 3.78. The van der Waals surface area contributed by atoms with Gasteiger partial charge in [-0.25, -0.2) is 9.98 Å². The maximum absolute atomic E-state index is 10.6. The standard InChI is InChI=1S/C18H20ClN5O3/c1-9(10-2-4-11(19)5-3-10)16-14(25)15(26)18(27-16)24-8-22-13-12(24)6-7-21-17(13)23-20/h2-5,7-9,14-16,18,25-26H,6,20H2,1H3/b23-17+/t9-,14+,15-,16-,18-/m1/s1. The maximum Gasteiger partial charge on any atom is 0.198 e. The Kier molecular flexibility index (Phi) is 4.73. The molecule has 4 rings (SSSR count). The monoisotopic (exact) mass is 389 g/mol. The third-order valence-electron chi connectivity index (χ3n) is 5.17. The van der Waals surface area contributed by atoms with E-state index in [0.717, 1.165) is 11.3 Å². The molecule has 9 heteroatoms. The van der Waals surface area contributed by atoms with Crippen molar-refractivity contribution in [2.24, 2.45) is 15.9 Å². The van der Waals surface area contributed by atoms with Crippen molar-refractivity contribution < 1.29 is 14.9 Å². The summed E-state index contributed by atoms with van der Waals surface area (Å²) in [5.41, 5.74) is 2.30. The van der Waals surface area contributed by atoms with E-state index < -0.39 is 24.5 Å². The summed E-state index contributed by atoms with van der Waals surface area (Å²) in [6, 6.07) is 7.37. The van der Waals surface area contributed by atoms with Gasteiger partial charge in [0.05, 0.1) is 18.1 Å². The number of aliphatic hydroxyl groups is 2. The number of ether oxygens (including phenoxy) is 1. The van der Waals surface area contributed by atoms with Crippen LogP contribution in [0.4, 0.5) is 0 Å². The second-order valence-corrected chi connectivity index (χ2v) is 7.16. The maximum atomic E-state index is 10.6. The highest BCUT2D eigenvalue weighted by Gasteiger charge is 2.47. The van der Waals surface area contributed by atoms with Crippen LogP contribution in [-0.2, 0) is 11.2 Å². The van der Waals surface area contributed by atoms with Gasteiger partial charge in [-0.15, -0.1) is 0 Å². The Hall–Kier alpha value is -2.26. The lowest BCUT2D eigenvalue weighted by Crippen LogP contribution is -2.34. The molecule has 1 saturated heterocycles. The van der Waals surface area contributed by atoms with Crippen LogP contribution in [0.15, 0.2) is 40.7 Å². The number of nitrogens with two attached hydrogens (primary N) is 1. The molecule has 0 bridgehead atoms. The zero-order chi connectivity index (χ0) is 19.1. The van der Waals surface area contributed by atoms with Crippen molar-refractivity contribution in [3.63, 3.8) is 0 Å². The number of rotatable bonds is 3. The molecule has 0 spiro atoms. The van der Waals surface area contributed by atoms with Gasteiger partial charge in [0, 0.05) is 23.6 Å². The van der Waals surface area contributed by atoms with Gasteiger partial charge in [0.2, 0.25) is 0 Å². The van der Waals surface area contributed by atoms with Crippen molar-refractivity contribution in [3.8, 4) is 0 Å². The molecule has 1 aromatic heterocycles. The highest BCUT2D eigenvalue weighted by atomic mass is 35.5. The summed E-state index contributed by atoms with van der Waals surface area (Å²) in [4.78, 5) is 8.42. The number of halogens is 1. The van der Waals surface area contributed by atoms with E-state index in [4.69, 9.17) is 22.2 Å². The summed E-state index contributed by atoms with van der Waals surface area (Å²) in [5.74, 6) is 5.55. The molecule has 1 aromatic carbocycles. The van der Waals surface area contributed by atoms with Gasteiger partial charge in [-0.3, -0.25) is 0 Å². The lowest BCUT2D eigenvalue weighted by molar-refractivity contribution is -0.0443. The van der Waals surface area contributed by atoms with Crippen molar-refractivity contribution in [2.45, 2.75) is 43.8 Å². The van der Waals surface area contributed by atoms with E-state index in [9.17, 15) is 10.2 Å². The number of imidazole rings is 1. The van der Waals surface area contributed by atoms with E-state index in [2.05, 4.69) is 15.1 Å². The SMILES string of the molecule is C[C@H](c1ccc(Cl)cc1)[C@H]1O[C@@H](n2cnc3c2CC=N/C3=N/N)[C@H](O)[C@@H]1O. The van der Waals surface area contributed by atoms with Crippen LogP contribution >= 0.6 is 11.6 Å². The molecule has 8 nitrogen and oxygen atoms in total. The number of hydrazone groups is 1. The van der Waals surface area contributed by atoms with E-state index >= 15 is 0 Å². The van der Waals surface area contributed by atoms with E-state index in [1.807, 2.05) is 19.1 Å². The molecule has 142 valence electrons. The lowest BCUT2D eigenvalue weighted by atomic mass is 9.91. The van der Waals surface area contributed by atoms with Gasteiger partial charge >= 0.3 is 0 Å². The second kappa shape index (κ2) is 7.05. The highest BCUT2D eigenvalue weighted by molar-refractivity contribution is 6.30. The summed E-state index contributed by atoms with van der Waals surface area (Å²) in [7, 11) is 0. The fraction of sp³-hybridized carbons (Fsp3) is 0.389. The highest BCUT2D eigenvalue weighted by Crippen LogP contribution is 2.38. The molecule has 2 aliphatic heterocycles. The number of aliphatic imine (C=N–C) groups is 1. The van der Waals surface area contributed by atoms with Crippen LogP contribution in [0.3, 0.4) is 0 Å². The summed E-state index contributed by atoms with van der Waals surface area (Å²) in [6.07, 6.45) is 0.261. The van der Waals surface area contributed by atoms with Crippen molar-refractivity contribution in [1.82, 2.24) is 9.55 Å². The molecule has 0 saturated carbocycles. The van der Waals surface area contributed by atoms with E-state index in [-0.39, 0.29) is 5.92 Å². The van der Waals surface area contributed by atoms with E-state index in [0.29, 0.717) is 23.0 Å². The van der Waals surface area contributed by atoms with Crippen LogP contribution in [-0.4, -0.2) is 50.1 Å². The number of benzene rings is 1. The number of amidine groups is 1. The lowest BCUT2D eigenvalue weighted by Gasteiger charge is -2.23. The Labute approximate surface area is 161 Å². The minimum Gasteiger partial charge on any atom is -0.387 e. The molecular formula is C18H20ClN5O3. The minimum absolute atomic E-state index is 0.140. The first kappa shape index (κ1) is 18.1. The van der Waals surface area contributed by atoms with Gasteiger partial charge in [-0.2, -0.15) is 5.10 Å². The molecule has 0 amide bonds. The number of nitrogens with zero attached hydrogens (tertiary/aromatic N) is 4. The van der Waals surface area contributed by atoms with Crippen LogP contribution in [0, 0.1) is 0 Å². The van der Waals surface area contributed by atoms with Gasteiger partial charge < -0.3 is 25.4 Å². The first-order valence-electron chi connectivity index (χ1n) is 8.64. The Bertz CT molecular complexity index is 895. The first-order chi connectivity index (χ1) is 13.0. The van der Waals surface area contributed by atoms with Crippen LogP contribution in [0.1, 0.15) is 36.0 Å². The number of aromatic nitrogens is 2. The van der Waals surface area contributed by atoms with Crippen molar-refractivity contribution in [2.75, 3.05) is 0 Å². The summed E-state index contributed by atoms with van der Waals surface area (Å²) in [5, 5.41) is 25.5. The molecule has 27 heavy (non-hydrogen) atoms. The van der Waals surface area contributed by atoms with Gasteiger partial charge in [-0.05, 0) is 17.7 Å². The third kappa shape index (κ3) is 3.04. The first-order valence-corrected chi connectivity index (χ1v) is 9.02. The summed E-state index contributed by atoms with van der Waals surface area (Å²) in [6.45, 7) is 1.95. The second-order valence-electron chi connectivity index (χ2n) is 6.73. The summed E-state index contributed by atoms with van der Waals surface area (Å²) >= 11 is 5.95. The quantitative estimate of drug-likeness (QED) is 0.538. The molecule has 2 aromatic rings. The van der Waals surface area contributed by atoms with Crippen LogP contribution in [0.2, 0.25) is 5.02 Å². The van der Waals surface area contributed by atoms with Gasteiger partial charge in [-0.1, -0.05) is 30.7 Å². The van der Waals surface area contributed by atoms with E-state index in [1.54, 1.807) is 29.2 Å². The Balaban J connectivity index is 1.62. The van der Waals surface area contributed by atoms with E-state index in [1.165, 1.54) is 0 Å². The van der Waals surface area contributed by atoms with Gasteiger partial charge in [0.25, 0.3) is 0 Å². The number of hydrogen-bond donors (Lipinski definition) is 3. The molecule has 0 unspecified atom stereocenters. The molecule has 1 fully saturated rings. The number of hydrogen-bond acceptors (Lipinski definition) is 6. The minimum atomic E-state index is -1.10. The average Bonchev–Trinajstić information content (AvgIpc) is 3.23. The van der Waals surface area contributed by atoms with Gasteiger partial charge in [0.15, 0.2) is 12.1 Å². The topological polar surface area (TPSA) is 118 Å². The number of fused-ring (bicyclic) bond motifs is 1. The zero-order valence-electron chi connectivity index (χ0n) is 14.6. The van der Waals surface area contributed by atoms with Crippen LogP contribution in [0.25, 0.3) is 0 Å². The van der Waals surface area contributed by atoms with Crippen LogP contribution < -0.4 is 5.84 Å². The predicted molar refractivity (Wildman–Crippen MR) is 101 cm³/mol. The zero-order valence-corrected chi connectivity index (χ0v) is 15.4. The molecular weight excluding hydrogens is 370 g/mol. The van der Waals surface area contributed by atoms with Crippen LogP contribution in [0.5, 0.6) is 0 Å². The smallest absolute Gasteiger partial charge is 0.198 e. The van der Waals surface area contributed by atoms with Crippen molar-refractivity contribution in [1.29, 1.82) is 0 Å². The van der Waals surface area contributed by atoms with Gasteiger partial charge in [0.1, 0.15) is 17.9 Å². The Morgan fingerprint density at radius 2 is 2.04 bits per heavy atom. The predicted octanol–water partition coefficient (Wildman–Crippen LogP) is 1.21. The molecule has 0 aliphatic carbocycles. The Morgan fingerprint density at radius 1 is 1.30 bits per heavy atom. The van der Waals surface area contributed by atoms with Crippen molar-refractivity contribution in [3.05, 3.63) is 52.6 Å². The fourth-order valence-electron chi connectivity index (χ4n) is 3.65. The number of aliphatic hydroxyl groups excluding tert-OH is 2. The average molecular weight is 390 g/mol. The molecule has 4 N–H and O–H groups in total. The van der Waals surface area contributed by atoms with Crippen molar-refractivity contribution >= 4 is 23.7 Å². The normalized spacial score (nSPS) is 29.9. The Morgan fingerprint density at radius 3 is 2.74 bits per heavy atom. The third-order valence-corrected chi connectivity index (χ3v) is 5.42. The molecule has 2 aliphatic rings. The summed E-state index contributed by atoms with van der Waals surface area (Å²) < 4.78 is 7.80. The molecule has 3 heterocycles. The molecule has 5 atom stereocenters. The molecule has 0 radical (unpaired) electrons. The largest absolute Gasteiger partial charge is 0.387 e.